The van der Waals surface area contributed by atoms with Crippen molar-refractivity contribution >= 4 is 26.8 Å². The van der Waals surface area contributed by atoms with E-state index in [9.17, 15) is 8.42 Å². The lowest BCUT2D eigenvalue weighted by Gasteiger charge is -2.12. The second-order valence-electron chi connectivity index (χ2n) is 6.94. The van der Waals surface area contributed by atoms with Crippen molar-refractivity contribution in [1.29, 1.82) is 0 Å². The Morgan fingerprint density at radius 2 is 2.21 bits per heavy atom. The summed E-state index contributed by atoms with van der Waals surface area (Å²) in [5, 5.41) is 8.57. The highest BCUT2D eigenvalue weighted by Gasteiger charge is 2.28. The number of nitrogens with zero attached hydrogens (tertiary/aromatic N) is 3. The Hall–Kier alpha value is -2.59. The first kappa shape index (κ1) is 18.8. The second-order valence-corrected chi connectivity index (χ2v) is 8.70. The van der Waals surface area contributed by atoms with Gasteiger partial charge in [0, 0.05) is 12.4 Å². The first-order valence-corrected chi connectivity index (χ1v) is 10.7. The third-order valence-electron chi connectivity index (χ3n) is 4.70. The molecule has 3 aromatic rings. The minimum Gasteiger partial charge on any atom is -0.496 e. The molecule has 2 unspecified atom stereocenters. The van der Waals surface area contributed by atoms with Gasteiger partial charge in [0.2, 0.25) is 10.0 Å². The molecule has 4 rings (SSSR count). The quantitative estimate of drug-likeness (QED) is 0.642. The van der Waals surface area contributed by atoms with Crippen LogP contribution in [0.1, 0.15) is 25.3 Å². The molecule has 1 fully saturated rings. The molecule has 0 saturated carbocycles. The monoisotopic (exact) mass is 406 g/mol. The summed E-state index contributed by atoms with van der Waals surface area (Å²) in [7, 11) is -2.13. The predicted octanol–water partition coefficient (Wildman–Crippen LogP) is 2.39. The van der Waals surface area contributed by atoms with E-state index in [0.29, 0.717) is 23.3 Å². The highest BCUT2D eigenvalue weighted by molar-refractivity contribution is 7.92. The van der Waals surface area contributed by atoms with Crippen LogP contribution >= 0.6 is 0 Å². The van der Waals surface area contributed by atoms with E-state index in [1.807, 2.05) is 25.3 Å². The fourth-order valence-corrected chi connectivity index (χ4v) is 4.69. The number of anilines is 1. The van der Waals surface area contributed by atoms with Gasteiger partial charge in [-0.3, -0.25) is 9.40 Å². The molecule has 9 nitrogen and oxygen atoms in total. The van der Waals surface area contributed by atoms with Crippen LogP contribution in [0.2, 0.25) is 0 Å². The molecule has 1 saturated heterocycles. The first-order valence-electron chi connectivity index (χ1n) is 9.03. The molecule has 1 aliphatic heterocycles. The fraction of sp³-hybridized carbons (Fsp3) is 0.444. The minimum absolute atomic E-state index is 0.0846. The molecule has 0 spiro atoms. The molecular weight excluding hydrogens is 384 g/mol. The Balaban J connectivity index is 1.59. The number of methoxy groups -OCH3 is 1. The molecule has 0 aliphatic carbocycles. The van der Waals surface area contributed by atoms with E-state index in [2.05, 4.69) is 15.0 Å². The number of fused-ring (bicyclic) bond motifs is 1. The number of hydrogen-bond donors (Lipinski definition) is 1. The van der Waals surface area contributed by atoms with Crippen molar-refractivity contribution < 1.29 is 22.4 Å². The van der Waals surface area contributed by atoms with Gasteiger partial charge < -0.3 is 14.0 Å². The van der Waals surface area contributed by atoms with Crippen molar-refractivity contribution in [2.24, 2.45) is 0 Å². The van der Waals surface area contributed by atoms with Crippen molar-refractivity contribution in [2.45, 2.75) is 38.5 Å². The zero-order valence-electron chi connectivity index (χ0n) is 15.7. The number of hydrogen-bond acceptors (Lipinski definition) is 7. The van der Waals surface area contributed by atoms with Gasteiger partial charge in [-0.15, -0.1) is 0 Å². The normalized spacial score (nSPS) is 19.9. The van der Waals surface area contributed by atoms with Crippen molar-refractivity contribution in [3.63, 3.8) is 0 Å². The molecule has 3 heterocycles. The molecule has 0 amide bonds. The van der Waals surface area contributed by atoms with Gasteiger partial charge in [-0.1, -0.05) is 5.16 Å². The second kappa shape index (κ2) is 7.44. The molecule has 2 atom stereocenters. The molecule has 10 heteroatoms. The van der Waals surface area contributed by atoms with Gasteiger partial charge in [-0.25, -0.2) is 8.42 Å². The molecule has 0 radical (unpaired) electrons. The van der Waals surface area contributed by atoms with Crippen molar-refractivity contribution in [2.75, 3.05) is 17.6 Å². The minimum atomic E-state index is -3.65. The van der Waals surface area contributed by atoms with Gasteiger partial charge in [0.15, 0.2) is 11.4 Å². The van der Waals surface area contributed by atoms with E-state index in [1.165, 1.54) is 7.11 Å². The van der Waals surface area contributed by atoms with Crippen molar-refractivity contribution in [3.8, 4) is 5.75 Å². The van der Waals surface area contributed by atoms with Crippen LogP contribution < -0.4 is 9.46 Å². The third kappa shape index (κ3) is 3.97. The van der Waals surface area contributed by atoms with Crippen LogP contribution in [-0.4, -0.2) is 48.4 Å². The lowest BCUT2D eigenvalue weighted by molar-refractivity contribution is 0.0691. The van der Waals surface area contributed by atoms with Crippen LogP contribution in [0.3, 0.4) is 0 Å². The SMILES string of the molecule is COc1cc(Cn2cccn2)cc2onc(NS(=O)(=O)CC3CCC(C)O3)c12. The number of aromatic nitrogens is 3. The molecule has 1 aliphatic rings. The maximum absolute atomic E-state index is 12.6. The topological polar surface area (TPSA) is 108 Å². The summed E-state index contributed by atoms with van der Waals surface area (Å²) in [6.07, 6.45) is 4.91. The Morgan fingerprint density at radius 1 is 1.36 bits per heavy atom. The van der Waals surface area contributed by atoms with E-state index in [4.69, 9.17) is 14.0 Å². The Kier molecular flexibility index (Phi) is 4.98. The van der Waals surface area contributed by atoms with Crippen LogP contribution in [-0.2, 0) is 21.3 Å². The Bertz CT molecular complexity index is 1060. The molecule has 150 valence electrons. The largest absolute Gasteiger partial charge is 0.496 e. The van der Waals surface area contributed by atoms with Gasteiger partial charge in [0.25, 0.3) is 0 Å². The van der Waals surface area contributed by atoms with Crippen LogP contribution in [0, 0.1) is 0 Å². The van der Waals surface area contributed by atoms with E-state index in [1.54, 1.807) is 16.9 Å². The number of ether oxygens (including phenoxy) is 2. The lowest BCUT2D eigenvalue weighted by Crippen LogP contribution is -2.26. The summed E-state index contributed by atoms with van der Waals surface area (Å²) in [6, 6.07) is 5.46. The number of nitrogens with one attached hydrogen (secondary N) is 1. The Morgan fingerprint density at radius 3 is 2.89 bits per heavy atom. The van der Waals surface area contributed by atoms with Crippen LogP contribution in [0.25, 0.3) is 11.0 Å². The molecule has 1 aromatic carbocycles. The van der Waals surface area contributed by atoms with Crippen molar-refractivity contribution in [1.82, 2.24) is 14.9 Å². The summed E-state index contributed by atoms with van der Waals surface area (Å²) in [5.74, 6) is 0.471. The third-order valence-corrected chi connectivity index (χ3v) is 6.01. The summed E-state index contributed by atoms with van der Waals surface area (Å²) in [4.78, 5) is 0. The van der Waals surface area contributed by atoms with Gasteiger partial charge in [0.1, 0.15) is 11.1 Å². The van der Waals surface area contributed by atoms with Crippen molar-refractivity contribution in [3.05, 3.63) is 36.2 Å². The number of rotatable bonds is 7. The van der Waals surface area contributed by atoms with Gasteiger partial charge in [0.05, 0.1) is 31.6 Å². The highest BCUT2D eigenvalue weighted by atomic mass is 32.2. The first-order chi connectivity index (χ1) is 13.4. The summed E-state index contributed by atoms with van der Waals surface area (Å²) >= 11 is 0. The predicted molar refractivity (Wildman–Crippen MR) is 103 cm³/mol. The number of sulfonamides is 1. The molecule has 2 aromatic heterocycles. The molecule has 28 heavy (non-hydrogen) atoms. The van der Waals surface area contributed by atoms with Crippen LogP contribution in [0.4, 0.5) is 5.82 Å². The van der Waals surface area contributed by atoms with E-state index >= 15 is 0 Å². The fourth-order valence-electron chi connectivity index (χ4n) is 3.43. The van der Waals surface area contributed by atoms with Gasteiger partial charge >= 0.3 is 0 Å². The van der Waals surface area contributed by atoms with E-state index in [-0.39, 0.29) is 23.8 Å². The zero-order valence-corrected chi connectivity index (χ0v) is 16.5. The van der Waals surface area contributed by atoms with Gasteiger partial charge in [-0.05, 0) is 43.5 Å². The maximum atomic E-state index is 12.6. The average molecular weight is 406 g/mol. The smallest absolute Gasteiger partial charge is 0.236 e. The maximum Gasteiger partial charge on any atom is 0.236 e. The van der Waals surface area contributed by atoms with Crippen LogP contribution in [0.15, 0.2) is 35.1 Å². The number of benzene rings is 1. The van der Waals surface area contributed by atoms with Crippen LogP contribution in [0.5, 0.6) is 5.75 Å². The lowest BCUT2D eigenvalue weighted by atomic mass is 10.1. The Labute approximate surface area is 162 Å². The van der Waals surface area contributed by atoms with E-state index in [0.717, 1.165) is 18.4 Å². The molecule has 1 N–H and O–H groups in total. The van der Waals surface area contributed by atoms with E-state index < -0.39 is 10.0 Å². The summed E-state index contributed by atoms with van der Waals surface area (Å²) in [6.45, 7) is 2.47. The highest BCUT2D eigenvalue weighted by Crippen LogP contribution is 2.34. The summed E-state index contributed by atoms with van der Waals surface area (Å²) in [5.41, 5.74) is 1.33. The summed E-state index contributed by atoms with van der Waals surface area (Å²) < 4.78 is 45.8. The molecular formula is C18H22N4O5S. The average Bonchev–Trinajstić information content (AvgIpc) is 3.37. The zero-order chi connectivity index (χ0) is 19.7. The van der Waals surface area contributed by atoms with Gasteiger partial charge in [-0.2, -0.15) is 5.10 Å². The standard InChI is InChI=1S/C18H22N4O5S/c1-12-4-5-14(26-12)11-28(23,24)21-18-17-15(25-2)8-13(9-16(17)27-20-18)10-22-7-3-6-19-22/h3,6-9,12,14H,4-5,10-11H2,1-2H3,(H,20,21). The molecule has 0 bridgehead atoms.